The summed E-state index contributed by atoms with van der Waals surface area (Å²) in [6, 6.07) is 19.5. The molecule has 0 bridgehead atoms. The summed E-state index contributed by atoms with van der Waals surface area (Å²) < 4.78 is 30.9. The Labute approximate surface area is 202 Å². The van der Waals surface area contributed by atoms with Gasteiger partial charge in [-0.25, -0.2) is 8.42 Å². The fourth-order valence-electron chi connectivity index (χ4n) is 4.30. The molecule has 0 fully saturated rings. The molecule has 0 spiro atoms. The van der Waals surface area contributed by atoms with Crippen molar-refractivity contribution in [2.75, 3.05) is 10.8 Å². The summed E-state index contributed by atoms with van der Waals surface area (Å²) in [4.78, 5) is 18.0. The van der Waals surface area contributed by atoms with Crippen molar-refractivity contribution in [3.63, 3.8) is 0 Å². The SMILES string of the molecule is C=CCn1c(=NC(=O)c2ccc(S(=O)(=O)N3CCc4ccccc43)cc2)sc2cccc(C)c21. The second kappa shape index (κ2) is 8.70. The molecule has 8 heteroatoms. The molecule has 1 aliphatic heterocycles. The molecule has 1 aromatic heterocycles. The lowest BCUT2D eigenvalue weighted by Gasteiger charge is -2.19. The average Bonchev–Trinajstić information content (AvgIpc) is 3.42. The van der Waals surface area contributed by atoms with Crippen LogP contribution in [0.1, 0.15) is 21.5 Å². The van der Waals surface area contributed by atoms with Crippen LogP contribution in [-0.4, -0.2) is 25.4 Å². The standard InChI is InChI=1S/C26H23N3O3S2/c1-3-16-28-24-18(2)7-6-10-23(24)33-26(28)27-25(30)20-11-13-21(14-12-20)34(31,32)29-17-15-19-8-4-5-9-22(19)29/h3-14H,1,15-17H2,2H3. The first-order valence-electron chi connectivity index (χ1n) is 10.9. The number of allylic oxidation sites excluding steroid dienone is 1. The van der Waals surface area contributed by atoms with Gasteiger partial charge in [0.25, 0.3) is 15.9 Å². The van der Waals surface area contributed by atoms with Crippen LogP contribution in [0, 0.1) is 6.92 Å². The number of carbonyl (C=O) groups excluding carboxylic acids is 1. The Morgan fingerprint density at radius 3 is 2.62 bits per heavy atom. The maximum Gasteiger partial charge on any atom is 0.279 e. The van der Waals surface area contributed by atoms with Crippen molar-refractivity contribution < 1.29 is 13.2 Å². The molecule has 0 saturated carbocycles. The molecule has 172 valence electrons. The summed E-state index contributed by atoms with van der Waals surface area (Å²) in [5.41, 5.74) is 4.20. The number of rotatable bonds is 5. The minimum atomic E-state index is -3.71. The summed E-state index contributed by atoms with van der Waals surface area (Å²) >= 11 is 1.44. The molecular formula is C26H23N3O3S2. The predicted octanol–water partition coefficient (Wildman–Crippen LogP) is 4.69. The van der Waals surface area contributed by atoms with Crippen molar-refractivity contribution in [3.8, 4) is 0 Å². The number of hydrogen-bond acceptors (Lipinski definition) is 4. The number of amides is 1. The highest BCUT2D eigenvalue weighted by atomic mass is 32.2. The van der Waals surface area contributed by atoms with E-state index >= 15 is 0 Å². The molecule has 1 aliphatic rings. The van der Waals surface area contributed by atoms with E-state index in [0.717, 1.165) is 21.3 Å². The topological polar surface area (TPSA) is 71.7 Å². The molecule has 0 aliphatic carbocycles. The smallest absolute Gasteiger partial charge is 0.279 e. The number of nitrogens with zero attached hydrogens (tertiary/aromatic N) is 3. The Morgan fingerprint density at radius 1 is 1.09 bits per heavy atom. The second-order valence-electron chi connectivity index (χ2n) is 8.10. The number of aromatic nitrogens is 1. The number of anilines is 1. The quantitative estimate of drug-likeness (QED) is 0.382. The third kappa shape index (κ3) is 3.78. The van der Waals surface area contributed by atoms with E-state index in [-0.39, 0.29) is 4.90 Å². The molecule has 6 nitrogen and oxygen atoms in total. The number of hydrogen-bond donors (Lipinski definition) is 0. The maximum absolute atomic E-state index is 13.2. The molecule has 5 rings (SSSR count). The van der Waals surface area contributed by atoms with Gasteiger partial charge >= 0.3 is 0 Å². The average molecular weight is 490 g/mol. The van der Waals surface area contributed by atoms with Gasteiger partial charge < -0.3 is 4.57 Å². The van der Waals surface area contributed by atoms with E-state index in [4.69, 9.17) is 0 Å². The molecule has 0 radical (unpaired) electrons. The number of benzene rings is 3. The Hall–Kier alpha value is -3.49. The first-order valence-corrected chi connectivity index (χ1v) is 13.2. The van der Waals surface area contributed by atoms with E-state index < -0.39 is 15.9 Å². The summed E-state index contributed by atoms with van der Waals surface area (Å²) in [7, 11) is -3.71. The highest BCUT2D eigenvalue weighted by molar-refractivity contribution is 7.92. The van der Waals surface area contributed by atoms with E-state index in [1.165, 1.54) is 39.9 Å². The van der Waals surface area contributed by atoms with Crippen LogP contribution in [0.2, 0.25) is 0 Å². The van der Waals surface area contributed by atoms with Crippen molar-refractivity contribution in [2.45, 2.75) is 24.8 Å². The van der Waals surface area contributed by atoms with Gasteiger partial charge in [-0.1, -0.05) is 47.7 Å². The van der Waals surface area contributed by atoms with Crippen molar-refractivity contribution >= 4 is 43.2 Å². The summed E-state index contributed by atoms with van der Waals surface area (Å²) in [6.45, 7) is 6.79. The van der Waals surface area contributed by atoms with Crippen molar-refractivity contribution in [1.29, 1.82) is 0 Å². The van der Waals surface area contributed by atoms with Crippen LogP contribution < -0.4 is 9.11 Å². The Balaban J connectivity index is 1.47. The van der Waals surface area contributed by atoms with Gasteiger partial charge in [-0.05, 0) is 60.9 Å². The van der Waals surface area contributed by atoms with Crippen molar-refractivity contribution in [3.05, 3.63) is 101 Å². The van der Waals surface area contributed by atoms with Crippen LogP contribution in [0.4, 0.5) is 5.69 Å². The zero-order valence-corrected chi connectivity index (χ0v) is 20.3. The third-order valence-electron chi connectivity index (χ3n) is 5.95. The number of fused-ring (bicyclic) bond motifs is 2. The van der Waals surface area contributed by atoms with Crippen LogP contribution in [0.15, 0.2) is 89.3 Å². The lowest BCUT2D eigenvalue weighted by molar-refractivity contribution is 0.0998. The zero-order valence-electron chi connectivity index (χ0n) is 18.6. The van der Waals surface area contributed by atoms with E-state index in [2.05, 4.69) is 11.6 Å². The van der Waals surface area contributed by atoms with Gasteiger partial charge in [0.15, 0.2) is 4.80 Å². The van der Waals surface area contributed by atoms with Crippen LogP contribution in [0.3, 0.4) is 0 Å². The summed E-state index contributed by atoms with van der Waals surface area (Å²) in [5.74, 6) is -0.419. The first kappa shape index (κ1) is 22.3. The monoisotopic (exact) mass is 489 g/mol. The Kier molecular flexibility index (Phi) is 5.71. The largest absolute Gasteiger partial charge is 0.312 e. The van der Waals surface area contributed by atoms with Gasteiger partial charge in [-0.15, -0.1) is 6.58 Å². The number of para-hydroxylation sites is 2. The van der Waals surface area contributed by atoms with Gasteiger partial charge in [0.1, 0.15) is 0 Å². The lowest BCUT2D eigenvalue weighted by atomic mass is 10.2. The van der Waals surface area contributed by atoms with Gasteiger partial charge in [0.2, 0.25) is 0 Å². The minimum Gasteiger partial charge on any atom is -0.312 e. The highest BCUT2D eigenvalue weighted by Gasteiger charge is 2.30. The molecule has 34 heavy (non-hydrogen) atoms. The van der Waals surface area contributed by atoms with Crippen LogP contribution in [-0.2, 0) is 23.0 Å². The number of sulfonamides is 1. The highest BCUT2D eigenvalue weighted by Crippen LogP contribution is 2.32. The van der Waals surface area contributed by atoms with Crippen LogP contribution >= 0.6 is 11.3 Å². The van der Waals surface area contributed by atoms with Gasteiger partial charge in [0.05, 0.1) is 20.8 Å². The number of carbonyl (C=O) groups is 1. The molecule has 0 atom stereocenters. The maximum atomic E-state index is 13.2. The van der Waals surface area contributed by atoms with Crippen molar-refractivity contribution in [2.24, 2.45) is 4.99 Å². The molecule has 1 amide bonds. The molecule has 0 unspecified atom stereocenters. The van der Waals surface area contributed by atoms with E-state index in [9.17, 15) is 13.2 Å². The minimum absolute atomic E-state index is 0.153. The second-order valence-corrected chi connectivity index (χ2v) is 11.0. The molecule has 0 saturated heterocycles. The van der Waals surface area contributed by atoms with E-state index in [1.807, 2.05) is 54.0 Å². The molecule has 3 aromatic carbocycles. The fraction of sp³-hybridized carbons (Fsp3) is 0.154. The molecule has 0 N–H and O–H groups in total. The first-order chi connectivity index (χ1) is 16.4. The summed E-state index contributed by atoms with van der Waals surface area (Å²) in [6.07, 6.45) is 2.46. The number of thiazole rings is 1. The summed E-state index contributed by atoms with van der Waals surface area (Å²) in [5, 5.41) is 0. The number of aryl methyl sites for hydroxylation is 1. The normalized spacial score (nSPS) is 13.9. The molecule has 4 aromatic rings. The predicted molar refractivity (Wildman–Crippen MR) is 136 cm³/mol. The van der Waals surface area contributed by atoms with Crippen LogP contribution in [0.5, 0.6) is 0 Å². The van der Waals surface area contributed by atoms with E-state index in [1.54, 1.807) is 6.08 Å². The van der Waals surface area contributed by atoms with E-state index in [0.29, 0.717) is 35.6 Å². The van der Waals surface area contributed by atoms with Crippen molar-refractivity contribution in [1.82, 2.24) is 4.57 Å². The fourth-order valence-corrected chi connectivity index (χ4v) is 6.92. The zero-order chi connectivity index (χ0) is 23.9. The third-order valence-corrected chi connectivity index (χ3v) is 8.82. The van der Waals surface area contributed by atoms with Gasteiger partial charge in [0, 0.05) is 18.7 Å². The Bertz CT molecular complexity index is 1600. The van der Waals surface area contributed by atoms with Crippen LogP contribution in [0.25, 0.3) is 10.2 Å². The molecular weight excluding hydrogens is 466 g/mol. The molecule has 2 heterocycles. The van der Waals surface area contributed by atoms with Gasteiger partial charge in [-0.3, -0.25) is 9.10 Å². The lowest BCUT2D eigenvalue weighted by Crippen LogP contribution is -2.29. The van der Waals surface area contributed by atoms with Gasteiger partial charge in [-0.2, -0.15) is 4.99 Å². The Morgan fingerprint density at radius 2 is 1.85 bits per heavy atom.